The molecular weight excluding hydrogens is 280 g/mol. The fourth-order valence-corrected chi connectivity index (χ4v) is 3.14. The summed E-state index contributed by atoms with van der Waals surface area (Å²) < 4.78 is 5.29. The number of ether oxygens (including phenoxy) is 1. The Hall–Kier alpha value is -1.69. The molecule has 22 heavy (non-hydrogen) atoms. The topological polar surface area (TPSA) is 67.4 Å². The molecule has 0 bridgehead atoms. The molecule has 0 spiro atoms. The van der Waals surface area contributed by atoms with Crippen LogP contribution in [0, 0.1) is 6.92 Å². The summed E-state index contributed by atoms with van der Waals surface area (Å²) in [5.74, 6) is 1.38. The molecule has 0 aromatic carbocycles. The van der Waals surface area contributed by atoms with Crippen molar-refractivity contribution in [2.24, 2.45) is 0 Å². The van der Waals surface area contributed by atoms with Gasteiger partial charge in [-0.05, 0) is 19.8 Å². The molecule has 1 amide bonds. The number of nitrogens with zero attached hydrogens (tertiary/aromatic N) is 3. The van der Waals surface area contributed by atoms with Crippen molar-refractivity contribution in [1.82, 2.24) is 14.9 Å². The lowest BCUT2D eigenvalue weighted by Gasteiger charge is -2.27. The fourth-order valence-electron chi connectivity index (χ4n) is 3.14. The molecular formula is C16H24N4O2. The molecule has 2 fully saturated rings. The Morgan fingerprint density at radius 2 is 1.95 bits per heavy atom. The third-order valence-electron chi connectivity index (χ3n) is 4.31. The second kappa shape index (κ2) is 7.05. The molecule has 1 saturated carbocycles. The zero-order valence-corrected chi connectivity index (χ0v) is 13.2. The molecule has 6 nitrogen and oxygen atoms in total. The first-order chi connectivity index (χ1) is 10.7. The highest BCUT2D eigenvalue weighted by molar-refractivity contribution is 5.93. The first-order valence-electron chi connectivity index (χ1n) is 8.21. The average molecular weight is 304 g/mol. The Labute approximate surface area is 131 Å². The van der Waals surface area contributed by atoms with Crippen LogP contribution in [0.2, 0.25) is 0 Å². The zero-order valence-electron chi connectivity index (χ0n) is 13.2. The quantitative estimate of drug-likeness (QED) is 0.925. The van der Waals surface area contributed by atoms with Gasteiger partial charge in [-0.25, -0.2) is 9.97 Å². The van der Waals surface area contributed by atoms with Crippen LogP contribution in [-0.2, 0) is 4.74 Å². The van der Waals surface area contributed by atoms with Crippen molar-refractivity contribution in [3.8, 4) is 0 Å². The molecule has 2 aliphatic rings. The Kier molecular flexibility index (Phi) is 4.87. The van der Waals surface area contributed by atoms with Crippen molar-refractivity contribution in [3.63, 3.8) is 0 Å². The van der Waals surface area contributed by atoms with Crippen LogP contribution in [0.3, 0.4) is 0 Å². The number of anilines is 1. The standard InChI is InChI=1S/C16H24N4O2/c1-12-17-14(16(21)20-7-9-22-10-8-20)11-15(18-12)19-13-5-3-2-4-6-13/h11,13H,2-10H2,1H3,(H,17,18,19). The van der Waals surface area contributed by atoms with Crippen LogP contribution in [0.25, 0.3) is 0 Å². The minimum Gasteiger partial charge on any atom is -0.378 e. The van der Waals surface area contributed by atoms with E-state index in [0.29, 0.717) is 43.9 Å². The summed E-state index contributed by atoms with van der Waals surface area (Å²) in [7, 11) is 0. The van der Waals surface area contributed by atoms with Gasteiger partial charge < -0.3 is 15.0 Å². The van der Waals surface area contributed by atoms with Crippen molar-refractivity contribution in [3.05, 3.63) is 17.6 Å². The van der Waals surface area contributed by atoms with Crippen LogP contribution < -0.4 is 5.32 Å². The monoisotopic (exact) mass is 304 g/mol. The molecule has 120 valence electrons. The third kappa shape index (κ3) is 3.74. The maximum Gasteiger partial charge on any atom is 0.272 e. The number of rotatable bonds is 3. The lowest BCUT2D eigenvalue weighted by Crippen LogP contribution is -2.41. The highest BCUT2D eigenvalue weighted by Crippen LogP contribution is 2.21. The summed E-state index contributed by atoms with van der Waals surface area (Å²) >= 11 is 0. The normalized spacial score (nSPS) is 20.0. The van der Waals surface area contributed by atoms with E-state index >= 15 is 0 Å². The van der Waals surface area contributed by atoms with E-state index < -0.39 is 0 Å². The first-order valence-corrected chi connectivity index (χ1v) is 8.21. The molecule has 0 unspecified atom stereocenters. The molecule has 2 heterocycles. The number of aryl methyl sites for hydroxylation is 1. The van der Waals surface area contributed by atoms with Crippen LogP contribution in [0.1, 0.15) is 48.4 Å². The minimum atomic E-state index is -0.0273. The molecule has 1 saturated heterocycles. The van der Waals surface area contributed by atoms with Gasteiger partial charge in [-0.15, -0.1) is 0 Å². The Morgan fingerprint density at radius 1 is 1.23 bits per heavy atom. The summed E-state index contributed by atoms with van der Waals surface area (Å²) in [5.41, 5.74) is 0.479. The van der Waals surface area contributed by atoms with Crippen LogP contribution in [0.15, 0.2) is 6.07 Å². The molecule has 1 aromatic heterocycles. The second-order valence-corrected chi connectivity index (χ2v) is 6.07. The lowest BCUT2D eigenvalue weighted by atomic mass is 9.95. The number of carbonyl (C=O) groups is 1. The van der Waals surface area contributed by atoms with E-state index in [1.807, 2.05) is 6.92 Å². The van der Waals surface area contributed by atoms with Crippen molar-refractivity contribution in [2.75, 3.05) is 31.6 Å². The number of amides is 1. The van der Waals surface area contributed by atoms with Crippen LogP contribution in [0.4, 0.5) is 5.82 Å². The van der Waals surface area contributed by atoms with E-state index in [4.69, 9.17) is 4.74 Å². The van der Waals surface area contributed by atoms with Crippen molar-refractivity contribution >= 4 is 11.7 Å². The number of carbonyl (C=O) groups excluding carboxylic acids is 1. The summed E-state index contributed by atoms with van der Waals surface area (Å²) in [5, 5.41) is 3.47. The highest BCUT2D eigenvalue weighted by atomic mass is 16.5. The summed E-state index contributed by atoms with van der Waals surface area (Å²) in [6.45, 7) is 4.30. The highest BCUT2D eigenvalue weighted by Gasteiger charge is 2.21. The van der Waals surface area contributed by atoms with Crippen LogP contribution in [0.5, 0.6) is 0 Å². The van der Waals surface area contributed by atoms with Gasteiger partial charge in [-0.2, -0.15) is 0 Å². The maximum atomic E-state index is 12.5. The van der Waals surface area contributed by atoms with Crippen molar-refractivity contribution in [1.29, 1.82) is 0 Å². The van der Waals surface area contributed by atoms with Gasteiger partial charge in [-0.1, -0.05) is 19.3 Å². The van der Waals surface area contributed by atoms with Crippen molar-refractivity contribution in [2.45, 2.75) is 45.1 Å². The third-order valence-corrected chi connectivity index (χ3v) is 4.31. The van der Waals surface area contributed by atoms with Gasteiger partial charge in [0, 0.05) is 25.2 Å². The average Bonchev–Trinajstić information content (AvgIpc) is 2.55. The van der Waals surface area contributed by atoms with E-state index in [1.165, 1.54) is 32.1 Å². The largest absolute Gasteiger partial charge is 0.378 e. The number of nitrogens with one attached hydrogen (secondary N) is 1. The molecule has 0 radical (unpaired) electrons. The Balaban J connectivity index is 1.72. The molecule has 1 aliphatic carbocycles. The van der Waals surface area contributed by atoms with Gasteiger partial charge in [0.2, 0.25) is 0 Å². The van der Waals surface area contributed by atoms with Gasteiger partial charge in [-0.3, -0.25) is 4.79 Å². The van der Waals surface area contributed by atoms with E-state index in [2.05, 4.69) is 15.3 Å². The Bertz CT molecular complexity index is 523. The summed E-state index contributed by atoms with van der Waals surface area (Å²) in [6, 6.07) is 2.26. The van der Waals surface area contributed by atoms with E-state index in [1.54, 1.807) is 11.0 Å². The molecule has 1 aromatic rings. The maximum absolute atomic E-state index is 12.5. The Morgan fingerprint density at radius 3 is 2.68 bits per heavy atom. The smallest absolute Gasteiger partial charge is 0.272 e. The predicted octanol–water partition coefficient (Wildman–Crippen LogP) is 2.00. The van der Waals surface area contributed by atoms with E-state index in [9.17, 15) is 4.79 Å². The second-order valence-electron chi connectivity index (χ2n) is 6.07. The van der Waals surface area contributed by atoms with E-state index in [-0.39, 0.29) is 5.91 Å². The van der Waals surface area contributed by atoms with Gasteiger partial charge in [0.25, 0.3) is 5.91 Å². The first kappa shape index (κ1) is 15.2. The number of hydrogen-bond acceptors (Lipinski definition) is 5. The van der Waals surface area contributed by atoms with Crippen LogP contribution >= 0.6 is 0 Å². The molecule has 1 N–H and O–H groups in total. The molecule has 1 aliphatic heterocycles. The minimum absolute atomic E-state index is 0.0273. The molecule has 0 atom stereocenters. The van der Waals surface area contributed by atoms with Gasteiger partial charge >= 0.3 is 0 Å². The lowest BCUT2D eigenvalue weighted by molar-refractivity contribution is 0.0299. The number of hydrogen-bond donors (Lipinski definition) is 1. The summed E-state index contributed by atoms with van der Waals surface area (Å²) in [6.07, 6.45) is 6.20. The zero-order chi connectivity index (χ0) is 15.4. The number of aromatic nitrogens is 2. The van der Waals surface area contributed by atoms with Gasteiger partial charge in [0.05, 0.1) is 13.2 Å². The molecule has 3 rings (SSSR count). The van der Waals surface area contributed by atoms with Crippen LogP contribution in [-0.4, -0.2) is 53.1 Å². The van der Waals surface area contributed by atoms with Gasteiger partial charge in [0.15, 0.2) is 0 Å². The summed E-state index contributed by atoms with van der Waals surface area (Å²) in [4.78, 5) is 23.1. The predicted molar refractivity (Wildman–Crippen MR) is 84.0 cm³/mol. The number of morpholine rings is 1. The van der Waals surface area contributed by atoms with Gasteiger partial charge in [0.1, 0.15) is 17.3 Å². The fraction of sp³-hybridized carbons (Fsp3) is 0.688. The van der Waals surface area contributed by atoms with E-state index in [0.717, 1.165) is 5.82 Å². The SMILES string of the molecule is Cc1nc(NC2CCCCC2)cc(C(=O)N2CCOCC2)n1. The van der Waals surface area contributed by atoms with Crippen molar-refractivity contribution < 1.29 is 9.53 Å². The molecule has 6 heteroatoms.